The monoisotopic (exact) mass is 936 g/mol. The van der Waals surface area contributed by atoms with Crippen molar-refractivity contribution in [2.24, 2.45) is 0 Å². The Kier molecular flexibility index (Phi) is 15.7. The molecule has 0 amide bonds. The second kappa shape index (κ2) is 21.2. The Morgan fingerprint density at radius 2 is 0.754 bits per heavy atom. The molecular weight excluding hydrogens is 887 g/mol. The van der Waals surface area contributed by atoms with E-state index in [-0.39, 0.29) is 61.0 Å². The van der Waals surface area contributed by atoms with Crippen LogP contribution in [0, 0.1) is 0 Å². The summed E-state index contributed by atoms with van der Waals surface area (Å²) in [6, 6.07) is 35.9. The summed E-state index contributed by atoms with van der Waals surface area (Å²) in [5.74, 6) is 0.685. The molecule has 15 heteroatoms. The third kappa shape index (κ3) is 11.3. The van der Waals surface area contributed by atoms with E-state index in [1.807, 2.05) is 41.5 Å². The lowest BCUT2D eigenvalue weighted by Crippen LogP contribution is -2.18. The average molecular weight is 937 g/mol. The number of sulfone groups is 1. The van der Waals surface area contributed by atoms with Crippen molar-refractivity contribution in [3.05, 3.63) is 161 Å². The smallest absolute Gasteiger partial charge is 0.493 e. The highest BCUT2D eigenvalue weighted by Crippen LogP contribution is 2.51. The van der Waals surface area contributed by atoms with Crippen LogP contribution in [0.25, 0.3) is 0 Å². The lowest BCUT2D eigenvalue weighted by Gasteiger charge is -2.27. The summed E-state index contributed by atoms with van der Waals surface area (Å²) in [5, 5.41) is 0. The number of carbonyl (C=O) groups is 3. The van der Waals surface area contributed by atoms with Crippen LogP contribution in [-0.4, -0.2) is 34.4 Å². The number of carbonyl (C=O) groups excluding carboxylic acids is 3. The first-order valence-electron chi connectivity index (χ1n) is 20.7. The Balaban J connectivity index is 1.54. The quantitative estimate of drug-likeness (QED) is 0.0471. The maximum Gasteiger partial charge on any atom is 0.530 e. The molecule has 0 aromatic heterocycles. The highest BCUT2D eigenvalue weighted by Gasteiger charge is 2.35. The average Bonchev–Trinajstić information content (AvgIpc) is 3.32. The van der Waals surface area contributed by atoms with E-state index in [1.165, 1.54) is 13.2 Å². The first-order chi connectivity index (χ1) is 31.2. The normalized spacial score (nSPS) is 12.1. The molecule has 6 aromatic carbocycles. The molecule has 0 heterocycles. The van der Waals surface area contributed by atoms with Crippen molar-refractivity contribution < 1.29 is 54.7 Å². The molecule has 1 atom stereocenters. The summed E-state index contributed by atoms with van der Waals surface area (Å²) in [7, 11) is -8.35. The van der Waals surface area contributed by atoms with Gasteiger partial charge in [0.2, 0.25) is 9.84 Å². The second-order valence-electron chi connectivity index (χ2n) is 15.9. The maximum atomic E-state index is 15.7. The minimum Gasteiger partial charge on any atom is -0.493 e. The summed E-state index contributed by atoms with van der Waals surface area (Å²) in [4.78, 5) is 35.8. The van der Waals surface area contributed by atoms with E-state index < -0.39 is 37.9 Å². The third-order valence-electron chi connectivity index (χ3n) is 11.0. The van der Waals surface area contributed by atoms with Crippen LogP contribution in [0.2, 0.25) is 0 Å². The van der Waals surface area contributed by atoms with Crippen LogP contribution in [0.1, 0.15) is 96.6 Å². The molecule has 0 saturated heterocycles. The molecule has 0 saturated carbocycles. The fourth-order valence-corrected chi connectivity index (χ4v) is 10.1. The van der Waals surface area contributed by atoms with Crippen LogP contribution in [0.3, 0.4) is 0 Å². The fourth-order valence-electron chi connectivity index (χ4n) is 6.23. The third-order valence-corrected chi connectivity index (χ3v) is 14.9. The molecule has 0 aliphatic heterocycles. The van der Waals surface area contributed by atoms with Gasteiger partial charge in [0.25, 0.3) is 0 Å². The molecule has 6 rings (SSSR count). The molecule has 6 aromatic rings. The minimum atomic E-state index is -4.66. The van der Waals surface area contributed by atoms with Crippen molar-refractivity contribution in [1.82, 2.24) is 0 Å². The molecule has 0 aliphatic rings. The topological polar surface area (TPSA) is 150 Å². The van der Waals surface area contributed by atoms with Gasteiger partial charge in [-0.1, -0.05) is 102 Å². The van der Waals surface area contributed by atoms with Gasteiger partial charge in [-0.15, -0.1) is 0 Å². The van der Waals surface area contributed by atoms with E-state index in [1.54, 1.807) is 127 Å². The molecule has 0 spiro atoms. The number of hydrogen-bond acceptors (Lipinski definition) is 12. The van der Waals surface area contributed by atoms with Crippen LogP contribution in [0.5, 0.6) is 40.2 Å². The fraction of sp³-hybridized carbons (Fsp3) is 0.220. The van der Waals surface area contributed by atoms with Gasteiger partial charge in [-0.05, 0) is 108 Å². The number of para-hydroxylation sites is 5. The molecule has 0 bridgehead atoms. The summed E-state index contributed by atoms with van der Waals surface area (Å²) in [5.41, 5.74) is 0.999. The lowest BCUT2D eigenvalue weighted by atomic mass is 9.82. The Labute approximate surface area is 382 Å². The number of methoxy groups -OCH3 is 1. The van der Waals surface area contributed by atoms with Gasteiger partial charge >= 0.3 is 17.2 Å². The number of aldehydes is 3. The van der Waals surface area contributed by atoms with Crippen LogP contribution in [-0.2, 0) is 20.7 Å². The van der Waals surface area contributed by atoms with Gasteiger partial charge < -0.3 is 31.9 Å². The summed E-state index contributed by atoms with van der Waals surface area (Å²) in [6.07, 6.45) is 3.18. The molecule has 0 aliphatic carbocycles. The number of ether oxygens (including phenoxy) is 1. The largest absolute Gasteiger partial charge is 0.530 e. The maximum absolute atomic E-state index is 15.7. The van der Waals surface area contributed by atoms with E-state index in [0.29, 0.717) is 48.6 Å². The molecule has 338 valence electrons. The van der Waals surface area contributed by atoms with Gasteiger partial charge in [-0.25, -0.2) is 8.42 Å². The SMILES string of the molecule is CCC(C)(C)c1ccc(OP(Oc2ccccc2C=O)Oc2ccccc2C=O)c(S(=O)(=O)c2cc(C(C)(C)CC)ccc2OP(Oc2ccccc2C=O)Oc2ccccc2OC)c1. The van der Waals surface area contributed by atoms with Gasteiger partial charge in [-0.3, -0.25) is 14.4 Å². The van der Waals surface area contributed by atoms with Crippen LogP contribution < -0.4 is 31.9 Å². The van der Waals surface area contributed by atoms with E-state index in [2.05, 4.69) is 0 Å². The zero-order valence-corrected chi connectivity index (χ0v) is 39.7. The number of benzene rings is 6. The minimum absolute atomic E-state index is 0.107. The molecule has 0 N–H and O–H groups in total. The van der Waals surface area contributed by atoms with Crippen molar-refractivity contribution in [1.29, 1.82) is 0 Å². The molecule has 0 radical (unpaired) electrons. The Bertz CT molecular complexity index is 2700. The van der Waals surface area contributed by atoms with Gasteiger partial charge in [0.15, 0.2) is 30.4 Å². The van der Waals surface area contributed by atoms with Crippen molar-refractivity contribution in [2.75, 3.05) is 7.11 Å². The Morgan fingerprint density at radius 1 is 0.446 bits per heavy atom. The Hall–Kier alpha value is -6.26. The molecule has 1 unspecified atom stereocenters. The van der Waals surface area contributed by atoms with Crippen molar-refractivity contribution in [3.63, 3.8) is 0 Å². The summed E-state index contributed by atoms with van der Waals surface area (Å²) < 4.78 is 75.1. The van der Waals surface area contributed by atoms with Crippen LogP contribution in [0.4, 0.5) is 0 Å². The first kappa shape index (κ1) is 48.2. The zero-order valence-electron chi connectivity index (χ0n) is 37.0. The van der Waals surface area contributed by atoms with Crippen molar-refractivity contribution >= 4 is 45.9 Å². The molecular formula is C50H50O12P2S. The van der Waals surface area contributed by atoms with Crippen molar-refractivity contribution in [2.45, 2.75) is 75.0 Å². The summed E-state index contributed by atoms with van der Waals surface area (Å²) in [6.45, 7) is 12.0. The van der Waals surface area contributed by atoms with Gasteiger partial charge in [0.1, 0.15) is 38.5 Å². The van der Waals surface area contributed by atoms with Gasteiger partial charge in [0, 0.05) is 0 Å². The second-order valence-corrected chi connectivity index (χ2v) is 19.8. The molecule has 0 fully saturated rings. The lowest BCUT2D eigenvalue weighted by molar-refractivity contribution is 0.111. The molecule has 12 nitrogen and oxygen atoms in total. The van der Waals surface area contributed by atoms with Gasteiger partial charge in [-0.2, -0.15) is 0 Å². The highest BCUT2D eigenvalue weighted by molar-refractivity contribution is 7.91. The van der Waals surface area contributed by atoms with Gasteiger partial charge in [0.05, 0.1) is 23.8 Å². The van der Waals surface area contributed by atoms with E-state index in [4.69, 9.17) is 31.9 Å². The zero-order chi connectivity index (χ0) is 46.8. The molecule has 65 heavy (non-hydrogen) atoms. The van der Waals surface area contributed by atoms with E-state index in [0.717, 1.165) is 0 Å². The standard InChI is InChI=1S/C50H50O12P2S/c1-8-49(3,4)38-26-28-45(61-63(57-40-21-13-10-18-35(40)32-51)58-41-22-14-11-19-36(41)33-52)47(30-38)65(54,55)48-31-39(50(5,6)9-2)27-29-46(48)62-64(59-42-23-15-12-20-37(42)34-53)60-44-25-17-16-24-43(44)56-7/h10-34H,8-9H2,1-7H3. The van der Waals surface area contributed by atoms with Crippen LogP contribution >= 0.6 is 17.2 Å². The van der Waals surface area contributed by atoms with Crippen LogP contribution in [0.15, 0.2) is 143 Å². The van der Waals surface area contributed by atoms with E-state index >= 15 is 8.42 Å². The number of rotatable bonds is 22. The van der Waals surface area contributed by atoms with E-state index in [9.17, 15) is 14.4 Å². The Morgan fingerprint density at radius 3 is 1.09 bits per heavy atom. The van der Waals surface area contributed by atoms with Crippen molar-refractivity contribution in [3.8, 4) is 40.2 Å². The number of hydrogen-bond donors (Lipinski definition) is 0. The summed E-state index contributed by atoms with van der Waals surface area (Å²) >= 11 is 0. The first-order valence-corrected chi connectivity index (χ1v) is 24.3. The predicted molar refractivity (Wildman–Crippen MR) is 251 cm³/mol. The highest BCUT2D eigenvalue weighted by atomic mass is 32.2. The predicted octanol–water partition coefficient (Wildman–Crippen LogP) is 12.9.